The lowest BCUT2D eigenvalue weighted by atomic mass is 10.1. The summed E-state index contributed by atoms with van der Waals surface area (Å²) in [5.41, 5.74) is 1.45. The number of benzene rings is 2. The van der Waals surface area contributed by atoms with Crippen molar-refractivity contribution in [2.45, 2.75) is 19.4 Å². The third-order valence-corrected chi connectivity index (χ3v) is 5.73. The van der Waals surface area contributed by atoms with Crippen LogP contribution >= 0.6 is 0 Å². The quantitative estimate of drug-likeness (QED) is 0.461. The van der Waals surface area contributed by atoms with E-state index >= 15 is 0 Å². The molecule has 1 N–H and O–H groups in total. The molecule has 0 radical (unpaired) electrons. The van der Waals surface area contributed by atoms with Crippen LogP contribution in [0.1, 0.15) is 23.2 Å². The SMILES string of the molecule is O=C(NCC1(Cn2cc(-c3ccc4ccccc4n3)nn2)CC1)c1cc(F)c(F)cc1F. The first-order chi connectivity index (χ1) is 15.4. The molecule has 1 aliphatic carbocycles. The van der Waals surface area contributed by atoms with Crippen LogP contribution < -0.4 is 5.32 Å². The summed E-state index contributed by atoms with van der Waals surface area (Å²) >= 11 is 0. The maximum absolute atomic E-state index is 13.8. The number of amides is 1. The van der Waals surface area contributed by atoms with Gasteiger partial charge in [-0.2, -0.15) is 0 Å². The maximum Gasteiger partial charge on any atom is 0.254 e. The van der Waals surface area contributed by atoms with Crippen molar-refractivity contribution in [3.63, 3.8) is 0 Å². The van der Waals surface area contributed by atoms with Gasteiger partial charge in [0.1, 0.15) is 11.5 Å². The Bertz CT molecular complexity index is 1330. The van der Waals surface area contributed by atoms with E-state index in [1.54, 1.807) is 10.9 Å². The first kappa shape index (κ1) is 20.2. The molecule has 5 rings (SSSR count). The molecule has 2 aromatic carbocycles. The fraction of sp³-hybridized carbons (Fsp3) is 0.217. The molecular formula is C23H18F3N5O. The van der Waals surface area contributed by atoms with Gasteiger partial charge in [-0.15, -0.1) is 5.10 Å². The number of halogens is 3. The van der Waals surface area contributed by atoms with Gasteiger partial charge in [-0.05, 0) is 31.0 Å². The molecule has 1 amide bonds. The number of carbonyl (C=O) groups excluding carboxylic acids is 1. The van der Waals surface area contributed by atoms with Crippen LogP contribution in [0.4, 0.5) is 13.2 Å². The molecule has 0 bridgehead atoms. The average Bonchev–Trinajstić information content (AvgIpc) is 3.40. The maximum atomic E-state index is 13.8. The first-order valence-electron chi connectivity index (χ1n) is 10.1. The summed E-state index contributed by atoms with van der Waals surface area (Å²) in [7, 11) is 0. The van der Waals surface area contributed by atoms with Gasteiger partial charge in [0.2, 0.25) is 0 Å². The Kier molecular flexibility index (Phi) is 4.88. The summed E-state index contributed by atoms with van der Waals surface area (Å²) in [6.07, 6.45) is 3.49. The van der Waals surface area contributed by atoms with Crippen LogP contribution in [0.25, 0.3) is 22.3 Å². The predicted molar refractivity (Wildman–Crippen MR) is 111 cm³/mol. The second-order valence-electron chi connectivity index (χ2n) is 8.12. The van der Waals surface area contributed by atoms with Gasteiger partial charge in [0, 0.05) is 30.0 Å². The average molecular weight is 437 g/mol. The number of aromatic nitrogens is 4. The van der Waals surface area contributed by atoms with Crippen LogP contribution in [0, 0.1) is 22.9 Å². The van der Waals surface area contributed by atoms with Gasteiger partial charge in [0.15, 0.2) is 11.6 Å². The summed E-state index contributed by atoms with van der Waals surface area (Å²) in [6.45, 7) is 0.766. The van der Waals surface area contributed by atoms with Gasteiger partial charge in [0.25, 0.3) is 5.91 Å². The number of nitrogens with zero attached hydrogens (tertiary/aromatic N) is 4. The number of nitrogens with one attached hydrogen (secondary N) is 1. The first-order valence-corrected chi connectivity index (χ1v) is 10.1. The number of rotatable bonds is 6. The second-order valence-corrected chi connectivity index (χ2v) is 8.12. The third kappa shape index (κ3) is 3.93. The van der Waals surface area contributed by atoms with E-state index < -0.39 is 28.9 Å². The molecule has 0 unspecified atom stereocenters. The Labute approximate surface area is 181 Å². The van der Waals surface area contributed by atoms with Crippen molar-refractivity contribution in [2.75, 3.05) is 6.54 Å². The second kappa shape index (κ2) is 7.74. The highest BCUT2D eigenvalue weighted by molar-refractivity contribution is 5.94. The number of hydrogen-bond donors (Lipinski definition) is 1. The summed E-state index contributed by atoms with van der Waals surface area (Å²) in [4.78, 5) is 16.9. The number of carbonyl (C=O) groups is 1. The van der Waals surface area contributed by atoms with Crippen molar-refractivity contribution in [1.29, 1.82) is 0 Å². The normalized spacial score (nSPS) is 14.5. The van der Waals surface area contributed by atoms with E-state index in [4.69, 9.17) is 0 Å². The van der Waals surface area contributed by atoms with E-state index in [0.29, 0.717) is 30.1 Å². The molecule has 9 heteroatoms. The van der Waals surface area contributed by atoms with E-state index in [1.807, 2.05) is 36.4 Å². The molecule has 0 spiro atoms. The molecule has 0 aliphatic heterocycles. The summed E-state index contributed by atoms with van der Waals surface area (Å²) in [5.74, 6) is -4.49. The van der Waals surface area contributed by atoms with Crippen molar-refractivity contribution in [1.82, 2.24) is 25.3 Å². The summed E-state index contributed by atoms with van der Waals surface area (Å²) in [5, 5.41) is 12.1. The van der Waals surface area contributed by atoms with Gasteiger partial charge in [-0.1, -0.05) is 29.5 Å². The third-order valence-electron chi connectivity index (χ3n) is 5.73. The van der Waals surface area contributed by atoms with Crippen molar-refractivity contribution in [3.8, 4) is 11.4 Å². The Balaban J connectivity index is 1.26. The Morgan fingerprint density at radius 3 is 2.59 bits per heavy atom. The lowest BCUT2D eigenvalue weighted by molar-refractivity contribution is 0.0937. The lowest BCUT2D eigenvalue weighted by Crippen LogP contribution is -2.33. The van der Waals surface area contributed by atoms with Crippen molar-refractivity contribution in [2.24, 2.45) is 5.41 Å². The fourth-order valence-corrected chi connectivity index (χ4v) is 3.67. The van der Waals surface area contributed by atoms with Crippen LogP contribution in [0.5, 0.6) is 0 Å². The molecule has 2 heterocycles. The van der Waals surface area contributed by atoms with Gasteiger partial charge < -0.3 is 5.32 Å². The van der Waals surface area contributed by atoms with Crippen LogP contribution in [0.3, 0.4) is 0 Å². The molecule has 1 saturated carbocycles. The smallest absolute Gasteiger partial charge is 0.254 e. The van der Waals surface area contributed by atoms with Crippen molar-refractivity contribution < 1.29 is 18.0 Å². The summed E-state index contributed by atoms with van der Waals surface area (Å²) < 4.78 is 42.0. The Morgan fingerprint density at radius 2 is 1.78 bits per heavy atom. The Hall–Kier alpha value is -3.75. The molecule has 0 atom stereocenters. The predicted octanol–water partition coefficient (Wildman–Crippen LogP) is 4.12. The Morgan fingerprint density at radius 1 is 1.00 bits per heavy atom. The molecule has 4 aromatic rings. The zero-order chi connectivity index (χ0) is 22.3. The number of pyridine rings is 1. The van der Waals surface area contributed by atoms with Crippen molar-refractivity contribution >= 4 is 16.8 Å². The topological polar surface area (TPSA) is 72.7 Å². The van der Waals surface area contributed by atoms with Crippen molar-refractivity contribution in [3.05, 3.63) is 77.7 Å². The number of hydrogen-bond acceptors (Lipinski definition) is 4. The molecular weight excluding hydrogens is 419 g/mol. The van der Waals surface area contributed by atoms with Crippen LogP contribution in [0.2, 0.25) is 0 Å². The number of fused-ring (bicyclic) bond motifs is 1. The standard InChI is InChI=1S/C23H18F3N5O/c24-16-10-18(26)17(25)9-15(16)22(32)27-12-23(7-8-23)13-31-11-21(29-30-31)20-6-5-14-3-1-2-4-19(14)28-20/h1-6,9-11H,7-8,12-13H2,(H,27,32). The van der Waals surface area contributed by atoms with Gasteiger partial charge >= 0.3 is 0 Å². The van der Waals surface area contributed by atoms with Crippen LogP contribution in [0.15, 0.2) is 54.7 Å². The minimum Gasteiger partial charge on any atom is -0.351 e. The highest BCUT2D eigenvalue weighted by Crippen LogP contribution is 2.46. The van der Waals surface area contributed by atoms with Gasteiger partial charge in [-0.3, -0.25) is 9.48 Å². The molecule has 2 aromatic heterocycles. The van der Waals surface area contributed by atoms with E-state index in [-0.39, 0.29) is 12.0 Å². The molecule has 1 fully saturated rings. The molecule has 32 heavy (non-hydrogen) atoms. The molecule has 162 valence electrons. The van der Waals surface area contributed by atoms with Gasteiger partial charge in [-0.25, -0.2) is 18.2 Å². The zero-order valence-electron chi connectivity index (χ0n) is 16.9. The zero-order valence-corrected chi connectivity index (χ0v) is 16.9. The largest absolute Gasteiger partial charge is 0.351 e. The minimum absolute atomic E-state index is 0.244. The highest BCUT2D eigenvalue weighted by atomic mass is 19.2. The highest BCUT2D eigenvalue weighted by Gasteiger charge is 2.43. The fourth-order valence-electron chi connectivity index (χ4n) is 3.67. The monoisotopic (exact) mass is 437 g/mol. The van der Waals surface area contributed by atoms with Gasteiger partial charge in [0.05, 0.1) is 23.0 Å². The minimum atomic E-state index is -1.33. The van der Waals surface area contributed by atoms with E-state index in [0.717, 1.165) is 23.7 Å². The van der Waals surface area contributed by atoms with E-state index in [9.17, 15) is 18.0 Å². The van der Waals surface area contributed by atoms with E-state index in [2.05, 4.69) is 20.6 Å². The van der Waals surface area contributed by atoms with E-state index in [1.165, 1.54) is 0 Å². The lowest BCUT2D eigenvalue weighted by Gasteiger charge is -2.16. The molecule has 1 aliphatic rings. The molecule has 6 nitrogen and oxygen atoms in total. The summed E-state index contributed by atoms with van der Waals surface area (Å²) in [6, 6.07) is 12.6. The van der Waals surface area contributed by atoms with Crippen LogP contribution in [-0.4, -0.2) is 32.4 Å². The number of para-hydroxylation sites is 1. The van der Waals surface area contributed by atoms with Crippen LogP contribution in [-0.2, 0) is 6.54 Å². The molecule has 0 saturated heterocycles.